The van der Waals surface area contributed by atoms with Gasteiger partial charge in [-0.05, 0) is 132 Å². The van der Waals surface area contributed by atoms with E-state index in [-0.39, 0.29) is 117 Å². The Morgan fingerprint density at radius 1 is 0.452 bits per heavy atom. The number of halogens is 6. The molecule has 10 N–H and O–H groups in total. The van der Waals surface area contributed by atoms with Crippen LogP contribution in [0.4, 0.5) is 28.4 Å². The number of carbonyl (C=O) groups excluding carboxylic acids is 9. The van der Waals surface area contributed by atoms with Crippen LogP contribution in [0.25, 0.3) is 0 Å². The van der Waals surface area contributed by atoms with E-state index in [0.29, 0.717) is 104 Å². The first-order valence-corrected chi connectivity index (χ1v) is 42.6. The number of nitrogens with two attached hydrogens (primary N) is 2. The van der Waals surface area contributed by atoms with Crippen molar-refractivity contribution in [3.63, 3.8) is 0 Å². The molecule has 5 aromatic carbocycles. The molecular weight excluding hydrogens is 1830 g/mol. The van der Waals surface area contributed by atoms with Crippen LogP contribution in [0.3, 0.4) is 0 Å². The molecule has 5 atom stereocenters. The van der Waals surface area contributed by atoms with E-state index >= 15 is 0 Å². The number of anilines is 3. The Hall–Kier alpha value is -8.76. The molecule has 0 spiro atoms. The number of aromatic hydroxyl groups is 1. The zero-order chi connectivity index (χ0) is 94.3. The molecule has 124 heavy (non-hydrogen) atoms. The smallest absolute Gasteiger partial charge is 0.310 e. The number of nitrogens with one attached hydrogen (secondary N) is 4. The number of nitrogen functional groups attached to an aromatic ring is 1. The molecule has 0 amide bonds. The molecule has 0 heterocycles. The van der Waals surface area contributed by atoms with Crippen LogP contribution in [0.15, 0.2) is 121 Å². The summed E-state index contributed by atoms with van der Waals surface area (Å²) < 4.78 is 44.4. The van der Waals surface area contributed by atoms with Crippen LogP contribution < -0.4 is 61.1 Å². The molecule has 0 aliphatic carbocycles. The normalized spacial score (nSPS) is 11.8. The number of phenols is 1. The van der Waals surface area contributed by atoms with Gasteiger partial charge in [-0.2, -0.15) is 0 Å². The summed E-state index contributed by atoms with van der Waals surface area (Å²) >= 11 is 30.4. The number of nitro benzene ring substituents is 2. The first-order valence-electron chi connectivity index (χ1n) is 38.4. The summed E-state index contributed by atoms with van der Waals surface area (Å²) in [6, 6.07) is 31.6. The maximum atomic E-state index is 12.1. The van der Waals surface area contributed by atoms with Gasteiger partial charge in [-0.25, -0.2) is 0 Å². The van der Waals surface area contributed by atoms with Gasteiger partial charge in [0.25, 0.3) is 29.7 Å². The Morgan fingerprint density at radius 3 is 1.03 bits per heavy atom. The average Bonchev–Trinajstić information content (AvgIpc) is 0.852. The van der Waals surface area contributed by atoms with E-state index in [0.717, 1.165) is 23.2 Å². The summed E-state index contributed by atoms with van der Waals surface area (Å²) in [5.74, 6) is 1.21. The molecule has 5 aromatic rings. The first kappa shape index (κ1) is 117. The minimum atomic E-state index is -0.940. The lowest BCUT2D eigenvalue weighted by Gasteiger charge is -2.26. The zero-order valence-electron chi connectivity index (χ0n) is 71.7. The van der Waals surface area contributed by atoms with Crippen molar-refractivity contribution < 1.29 is 106 Å². The number of nitrogens with zero attached hydrogens (tertiary/aromatic N) is 4. The highest BCUT2D eigenvalue weighted by molar-refractivity contribution is 14.1. The summed E-state index contributed by atoms with van der Waals surface area (Å²) in [7, 11) is 4.91. The number of para-hydroxylation sites is 10. The maximum Gasteiger partial charge on any atom is 0.310 e. The molecule has 44 heteroatoms. The number of aldehydes is 1. The summed E-state index contributed by atoms with van der Waals surface area (Å²) in [4.78, 5) is 133. The molecule has 4 radical (unpaired) electrons. The van der Waals surface area contributed by atoms with E-state index in [4.69, 9.17) is 122 Å². The number of carbonyl (C=O) groups is 10. The summed E-state index contributed by atoms with van der Waals surface area (Å²) in [5.41, 5.74) is 11.1. The van der Waals surface area contributed by atoms with Gasteiger partial charge in [0.15, 0.2) is 11.5 Å². The van der Waals surface area contributed by atoms with Crippen molar-refractivity contribution in [3.8, 4) is 28.7 Å². The van der Waals surface area contributed by atoms with Crippen LogP contribution in [0, 0.1) is 20.2 Å². The van der Waals surface area contributed by atoms with Gasteiger partial charge in [-0.3, -0.25) is 44.2 Å². The SMILES string of the molecule is CC(C)(C)OC(=O)C[C@H](CI)N[B]C=O.CC(C)(C)OC(=O)C[C@H](COc1ccccc1N(CCCl)CCCl)N[B]C=O.CC(C)(C)OC(=O)C[C@H](COc1ccccc1N)N[B]C=O.CC(C)(C)OC(=O)C[C@H](COc1ccccc1[N+](=O)[O-])N[B]C=O.N[C@@H](COc1ccccc1N(CCCl)CCCl)CC(=O)O.O=CCCl.O=[N+]([O-])c1ccccc1O. The maximum absolute atomic E-state index is 12.1. The van der Waals surface area contributed by atoms with Gasteiger partial charge in [-0.15, -0.1) is 58.0 Å². The number of alkyl halides is 6. The Morgan fingerprint density at radius 2 is 0.734 bits per heavy atom. The Balaban J connectivity index is 0. The minimum Gasteiger partial charge on any atom is -0.502 e. The molecule has 0 unspecified atom stereocenters. The number of esters is 4. The number of aliphatic carboxylic acids is 1. The summed E-state index contributed by atoms with van der Waals surface area (Å²) in [5, 5.41) is 49.8. The zero-order valence-corrected chi connectivity index (χ0v) is 77.6. The van der Waals surface area contributed by atoms with E-state index in [9.17, 15) is 63.4 Å². The molecule has 34 nitrogen and oxygen atoms in total. The highest BCUT2D eigenvalue weighted by Crippen LogP contribution is 2.31. The van der Waals surface area contributed by atoms with Crippen LogP contribution in [0.2, 0.25) is 0 Å². The lowest BCUT2D eigenvalue weighted by molar-refractivity contribution is -0.386. The monoisotopic (exact) mass is 1940 g/mol. The number of hydrogen-bond donors (Lipinski definition) is 8. The van der Waals surface area contributed by atoms with Crippen molar-refractivity contribution in [1.29, 1.82) is 0 Å². The number of carboxylic acids is 1. The van der Waals surface area contributed by atoms with Crippen LogP contribution in [-0.4, -0.2) is 250 Å². The second kappa shape index (κ2) is 67.6. The fourth-order valence-corrected chi connectivity index (χ4v) is 10.9. The third-order valence-electron chi connectivity index (χ3n) is 14.3. The van der Waals surface area contributed by atoms with Crippen LogP contribution in [-0.2, 0) is 66.9 Å². The highest BCUT2D eigenvalue weighted by Gasteiger charge is 2.27. The molecule has 0 fully saturated rings. The Labute approximate surface area is 767 Å². The molecule has 0 saturated heterocycles. The number of phenolic OH excluding ortho intramolecular Hbond substituents is 1. The second-order valence-corrected chi connectivity index (χ2v) is 32.3. The first-order chi connectivity index (χ1) is 58.4. The number of rotatable bonds is 48. The van der Waals surface area contributed by atoms with Crippen molar-refractivity contribution in [2.45, 2.75) is 168 Å². The number of carboxylic acid groups (broad SMARTS) is 1. The topological polar surface area (TPSA) is 478 Å². The largest absolute Gasteiger partial charge is 0.502 e. The predicted octanol–water partition coefficient (Wildman–Crippen LogP) is 10.3. The second-order valence-electron chi connectivity index (χ2n) is 29.6. The van der Waals surface area contributed by atoms with E-state index < -0.39 is 62.3 Å². The van der Waals surface area contributed by atoms with Crippen molar-refractivity contribution in [3.05, 3.63) is 142 Å². The quantitative estimate of drug-likeness (QED) is 0.00206. The van der Waals surface area contributed by atoms with Crippen molar-refractivity contribution in [2.24, 2.45) is 5.73 Å². The minimum absolute atomic E-state index is 0.0472. The number of hydrogen-bond acceptors (Lipinski definition) is 31. The molecule has 0 aliphatic heterocycles. The lowest BCUT2D eigenvalue weighted by Crippen LogP contribution is -2.41. The van der Waals surface area contributed by atoms with Gasteiger partial charge in [-0.1, -0.05) is 83.3 Å². The van der Waals surface area contributed by atoms with Gasteiger partial charge in [0.05, 0.1) is 89.6 Å². The van der Waals surface area contributed by atoms with Crippen molar-refractivity contribution in [2.75, 3.05) is 102 Å². The Bertz CT molecular complexity index is 3930. The van der Waals surface area contributed by atoms with Gasteiger partial charge < -0.3 is 114 Å². The fourth-order valence-electron chi connectivity index (χ4n) is 9.50. The van der Waals surface area contributed by atoms with Crippen molar-refractivity contribution >= 4 is 200 Å². The molecule has 682 valence electrons. The highest BCUT2D eigenvalue weighted by atomic mass is 127. The van der Waals surface area contributed by atoms with Gasteiger partial charge >= 0.3 is 41.2 Å². The lowest BCUT2D eigenvalue weighted by atomic mass is 9.96. The third-order valence-corrected chi connectivity index (χ3v) is 16.1. The number of ether oxygens (including phenoxy) is 8. The van der Waals surface area contributed by atoms with Gasteiger partial charge in [0.2, 0.25) is 0 Å². The number of benzene rings is 5. The van der Waals surface area contributed by atoms with E-state index in [1.54, 1.807) is 92.6 Å². The molecular formula is C80H114B4Cl5IN10O24. The van der Waals surface area contributed by atoms with Crippen LogP contribution >= 0.6 is 80.6 Å². The standard InChI is InChI=1S/C19H28BCl2N2O4.C15H20BN2O6.C15H22BN2O4.C14H20Cl2N2O3.C9H16BINO3.C6H5NO3.C2H3ClO/c1-19(2,3)28-18(26)12-15(23-20-14-25)13-27-17-7-5-4-6-16(17)24(10-8-21)11-9-22;1-15(2,3)24-14(20)8-11(17-16-10-19)9-23-13-7-5-4-6-12(13)18(21)22;1-15(2,3)22-14(20)8-11(18-16-10-19)9-21-13-7-5-4-6-12(13)17;15-5-7-18(8-6-16)12-3-1-2-4-13(12)21-10-11(17)9-14(19)20;1-9(2,3)15-8(14)4-7(5-11)12-10-6-13;8-6-4-2-1-3-5(6)7(9)10;3-1-2-4/h4-7,14-15,23H,8-13H2,1-3H3;4-7,10-11,17H,8-9H2,1-3H3;4-7,10-11,18H,8-9,17H2,1-3H3;1-4,11H,5-10,17H2,(H,19,20);6-7,12H,4-5H2,1-3H3;1-4,8H;2H,1H2/t15-;3*11-;7-;;/m11111../s1. The third kappa shape index (κ3) is 60.8. The summed E-state index contributed by atoms with van der Waals surface area (Å²) in [6.45, 7) is 24.5. The molecule has 0 aliphatic rings. The molecule has 0 aromatic heterocycles. The predicted molar refractivity (Wildman–Crippen MR) is 496 cm³/mol. The average molecular weight is 1950 g/mol. The van der Waals surface area contributed by atoms with E-state index in [2.05, 4.69) is 43.5 Å². The van der Waals surface area contributed by atoms with Crippen molar-refractivity contribution in [1.82, 2.24) is 20.9 Å². The Kier molecular flexibility index (Phi) is 63.9. The molecule has 5 rings (SSSR count). The van der Waals surface area contributed by atoms with Gasteiger partial charge in [0.1, 0.15) is 72.4 Å². The van der Waals surface area contributed by atoms with Crippen LogP contribution in [0.1, 0.15) is 115 Å². The van der Waals surface area contributed by atoms with E-state index in [1.165, 1.54) is 64.7 Å². The molecule has 0 bridgehead atoms. The fraction of sp³-hybridized carbons (Fsp3) is 0.500. The van der Waals surface area contributed by atoms with E-state index in [1.807, 2.05) is 79.1 Å². The number of nitro groups is 2. The van der Waals surface area contributed by atoms with Crippen LogP contribution in [0.5, 0.6) is 28.7 Å². The summed E-state index contributed by atoms with van der Waals surface area (Å²) in [6.07, 6.45) is 3.30. The van der Waals surface area contributed by atoms with Gasteiger partial charge in [0, 0.05) is 96.5 Å². The molecule has 0 saturated carbocycles.